The molecule has 1 fully saturated rings. The summed E-state index contributed by atoms with van der Waals surface area (Å²) in [6.07, 6.45) is 3.10. The van der Waals surface area contributed by atoms with E-state index in [1.54, 1.807) is 0 Å². The second kappa shape index (κ2) is 4.38. The summed E-state index contributed by atoms with van der Waals surface area (Å²) < 4.78 is 0. The first-order chi connectivity index (χ1) is 7.55. The molecule has 0 saturated heterocycles. The highest BCUT2D eigenvalue weighted by molar-refractivity contribution is 6.31. The number of hydrogen-bond acceptors (Lipinski definition) is 1. The van der Waals surface area contributed by atoms with Crippen LogP contribution in [0.25, 0.3) is 0 Å². The van der Waals surface area contributed by atoms with Gasteiger partial charge >= 0.3 is 0 Å². The van der Waals surface area contributed by atoms with Crippen molar-refractivity contribution in [1.29, 1.82) is 0 Å². The van der Waals surface area contributed by atoms with Crippen LogP contribution in [0.15, 0.2) is 24.3 Å². The lowest BCUT2D eigenvalue weighted by atomic mass is 9.67. The minimum atomic E-state index is -0.740. The lowest BCUT2D eigenvalue weighted by Crippen LogP contribution is -2.40. The maximum Gasteiger partial charge on any atom is 0.0938 e. The zero-order valence-corrected chi connectivity index (χ0v) is 10.7. The molecule has 1 aromatic carbocycles. The van der Waals surface area contributed by atoms with Gasteiger partial charge < -0.3 is 5.11 Å². The molecule has 1 aliphatic carbocycles. The minimum absolute atomic E-state index is 0.265. The maximum absolute atomic E-state index is 10.9. The summed E-state index contributed by atoms with van der Waals surface area (Å²) in [4.78, 5) is 0. The zero-order valence-electron chi connectivity index (χ0n) is 9.91. The predicted molar refractivity (Wildman–Crippen MR) is 67.5 cm³/mol. The van der Waals surface area contributed by atoms with Gasteiger partial charge in [-0.25, -0.2) is 0 Å². The predicted octanol–water partition coefficient (Wildman–Crippen LogP) is 3.98. The van der Waals surface area contributed by atoms with Crippen molar-refractivity contribution in [2.24, 2.45) is 11.8 Å². The fourth-order valence-electron chi connectivity index (χ4n) is 2.83. The van der Waals surface area contributed by atoms with E-state index >= 15 is 0 Å². The molecule has 0 amide bonds. The van der Waals surface area contributed by atoms with Crippen molar-refractivity contribution in [1.82, 2.24) is 0 Å². The number of hydrogen-bond donors (Lipinski definition) is 1. The highest BCUT2D eigenvalue weighted by atomic mass is 35.5. The van der Waals surface area contributed by atoms with E-state index in [9.17, 15) is 5.11 Å². The van der Waals surface area contributed by atoms with Crippen LogP contribution in [0, 0.1) is 11.8 Å². The average Bonchev–Trinajstić information content (AvgIpc) is 2.26. The third kappa shape index (κ3) is 1.87. The fraction of sp³-hybridized carbons (Fsp3) is 0.571. The number of halogens is 1. The highest BCUT2D eigenvalue weighted by Gasteiger charge is 2.42. The lowest BCUT2D eigenvalue weighted by molar-refractivity contribution is -0.0687. The van der Waals surface area contributed by atoms with Gasteiger partial charge in [-0.3, -0.25) is 0 Å². The van der Waals surface area contributed by atoms with E-state index in [1.165, 1.54) is 6.42 Å². The SMILES string of the molecule is CC1CCCC(O)(c2ccccc2Cl)C1C. The summed E-state index contributed by atoms with van der Waals surface area (Å²) in [5, 5.41) is 11.6. The molecule has 0 radical (unpaired) electrons. The first kappa shape index (κ1) is 11.9. The van der Waals surface area contributed by atoms with Crippen LogP contribution in [0.2, 0.25) is 5.02 Å². The summed E-state index contributed by atoms with van der Waals surface area (Å²) in [6.45, 7) is 4.35. The quantitative estimate of drug-likeness (QED) is 0.785. The molecule has 3 unspecified atom stereocenters. The molecule has 1 aromatic rings. The van der Waals surface area contributed by atoms with Gasteiger partial charge in [0.1, 0.15) is 0 Å². The molecule has 1 aliphatic rings. The van der Waals surface area contributed by atoms with E-state index in [1.807, 2.05) is 24.3 Å². The van der Waals surface area contributed by atoms with Crippen LogP contribution in [0.3, 0.4) is 0 Å². The van der Waals surface area contributed by atoms with E-state index in [-0.39, 0.29) is 5.92 Å². The molecular formula is C14H19ClO. The van der Waals surface area contributed by atoms with Crippen LogP contribution in [0.1, 0.15) is 38.7 Å². The van der Waals surface area contributed by atoms with Crippen molar-refractivity contribution in [2.45, 2.75) is 38.7 Å². The molecule has 16 heavy (non-hydrogen) atoms. The molecule has 1 nitrogen and oxygen atoms in total. The fourth-order valence-corrected chi connectivity index (χ4v) is 3.13. The van der Waals surface area contributed by atoms with E-state index in [4.69, 9.17) is 11.6 Å². The molecule has 2 rings (SSSR count). The molecule has 0 bridgehead atoms. The van der Waals surface area contributed by atoms with Crippen LogP contribution in [-0.4, -0.2) is 5.11 Å². The molecule has 0 heterocycles. The summed E-state index contributed by atoms with van der Waals surface area (Å²) in [5.41, 5.74) is 0.159. The molecule has 0 spiro atoms. The van der Waals surface area contributed by atoms with E-state index < -0.39 is 5.60 Å². The molecule has 1 N–H and O–H groups in total. The van der Waals surface area contributed by atoms with Crippen LogP contribution in [0.4, 0.5) is 0 Å². The van der Waals surface area contributed by atoms with Gasteiger partial charge in [0.05, 0.1) is 5.60 Å². The maximum atomic E-state index is 10.9. The Morgan fingerprint density at radius 3 is 2.69 bits per heavy atom. The minimum Gasteiger partial charge on any atom is -0.385 e. The van der Waals surface area contributed by atoms with Crippen molar-refractivity contribution in [2.75, 3.05) is 0 Å². The number of aliphatic hydroxyl groups is 1. The third-order valence-electron chi connectivity index (χ3n) is 4.16. The summed E-state index contributed by atoms with van der Waals surface area (Å²) in [6, 6.07) is 7.68. The average molecular weight is 239 g/mol. The molecular weight excluding hydrogens is 220 g/mol. The van der Waals surface area contributed by atoms with Crippen molar-refractivity contribution in [3.8, 4) is 0 Å². The van der Waals surface area contributed by atoms with Gasteiger partial charge in [0.15, 0.2) is 0 Å². The van der Waals surface area contributed by atoms with Gasteiger partial charge in [-0.1, -0.05) is 50.1 Å². The van der Waals surface area contributed by atoms with E-state index in [0.29, 0.717) is 10.9 Å². The van der Waals surface area contributed by atoms with E-state index in [2.05, 4.69) is 13.8 Å². The summed E-state index contributed by atoms with van der Waals surface area (Å²) in [7, 11) is 0. The number of benzene rings is 1. The first-order valence-corrected chi connectivity index (χ1v) is 6.41. The third-order valence-corrected chi connectivity index (χ3v) is 4.49. The first-order valence-electron chi connectivity index (χ1n) is 6.03. The Kier molecular flexibility index (Phi) is 3.27. The van der Waals surface area contributed by atoms with Crippen molar-refractivity contribution < 1.29 is 5.11 Å². The van der Waals surface area contributed by atoms with Gasteiger partial charge in [0.25, 0.3) is 0 Å². The van der Waals surface area contributed by atoms with Crippen LogP contribution in [0.5, 0.6) is 0 Å². The second-order valence-corrected chi connectivity index (χ2v) is 5.47. The Bertz CT molecular complexity index is 377. The Balaban J connectivity index is 2.41. The molecule has 3 atom stereocenters. The van der Waals surface area contributed by atoms with E-state index in [0.717, 1.165) is 18.4 Å². The Morgan fingerprint density at radius 1 is 1.31 bits per heavy atom. The van der Waals surface area contributed by atoms with Gasteiger partial charge in [-0.2, -0.15) is 0 Å². The van der Waals surface area contributed by atoms with Crippen molar-refractivity contribution >= 4 is 11.6 Å². The van der Waals surface area contributed by atoms with Gasteiger partial charge in [0, 0.05) is 10.6 Å². The Hall–Kier alpha value is -0.530. The second-order valence-electron chi connectivity index (χ2n) is 5.06. The summed E-state index contributed by atoms with van der Waals surface area (Å²) >= 11 is 6.20. The molecule has 1 saturated carbocycles. The van der Waals surface area contributed by atoms with Gasteiger partial charge in [-0.15, -0.1) is 0 Å². The monoisotopic (exact) mass is 238 g/mol. The largest absolute Gasteiger partial charge is 0.385 e. The Morgan fingerprint density at radius 2 is 2.00 bits per heavy atom. The molecule has 2 heteroatoms. The van der Waals surface area contributed by atoms with Crippen molar-refractivity contribution in [3.05, 3.63) is 34.9 Å². The molecule has 0 aromatic heterocycles. The zero-order chi connectivity index (χ0) is 11.8. The van der Waals surface area contributed by atoms with Crippen LogP contribution < -0.4 is 0 Å². The van der Waals surface area contributed by atoms with Crippen LogP contribution in [-0.2, 0) is 5.60 Å². The van der Waals surface area contributed by atoms with Gasteiger partial charge in [0.2, 0.25) is 0 Å². The Labute approximate surface area is 102 Å². The smallest absolute Gasteiger partial charge is 0.0938 e. The molecule has 0 aliphatic heterocycles. The van der Waals surface area contributed by atoms with Gasteiger partial charge in [-0.05, 0) is 30.7 Å². The standard InChI is InChI=1S/C14H19ClO/c1-10-6-5-9-14(16,11(10)2)12-7-3-4-8-13(12)15/h3-4,7-8,10-11,16H,5-6,9H2,1-2H3. The summed E-state index contributed by atoms with van der Waals surface area (Å²) in [5.74, 6) is 0.816. The highest BCUT2D eigenvalue weighted by Crippen LogP contribution is 2.46. The van der Waals surface area contributed by atoms with Crippen LogP contribution >= 0.6 is 11.6 Å². The van der Waals surface area contributed by atoms with Crippen molar-refractivity contribution in [3.63, 3.8) is 0 Å². The topological polar surface area (TPSA) is 20.2 Å². The molecule has 88 valence electrons. The normalized spacial score (nSPS) is 35.0. The lowest BCUT2D eigenvalue weighted by Gasteiger charge is -2.42. The number of rotatable bonds is 1.